The van der Waals surface area contributed by atoms with Crippen molar-refractivity contribution in [2.75, 3.05) is 10.6 Å². The number of nitrogens with one attached hydrogen (secondary N) is 4. The molecule has 0 saturated carbocycles. The van der Waals surface area contributed by atoms with Gasteiger partial charge in [-0.3, -0.25) is 50.0 Å². The first kappa shape index (κ1) is 51.1. The van der Waals surface area contributed by atoms with Crippen LogP contribution in [0.25, 0.3) is 23.0 Å². The normalized spacial score (nSPS) is 11.6. The van der Waals surface area contributed by atoms with Crippen molar-refractivity contribution in [2.24, 2.45) is 15.5 Å². The van der Waals surface area contributed by atoms with Crippen LogP contribution in [0, 0.1) is 10.1 Å². The predicted octanol–water partition coefficient (Wildman–Crippen LogP) is 1.46. The van der Waals surface area contributed by atoms with Gasteiger partial charge in [-0.15, -0.1) is 25.7 Å². The largest absolute Gasteiger partial charge is 1.00 e. The van der Waals surface area contributed by atoms with Crippen LogP contribution in [0.2, 0.25) is 0 Å². The van der Waals surface area contributed by atoms with Gasteiger partial charge in [-0.2, -0.15) is 10.2 Å². The molecule has 24 heteroatoms. The molecular weight excluding hydrogens is 842 g/mol. The summed E-state index contributed by atoms with van der Waals surface area (Å²) in [6.07, 6.45) is 6.33. The minimum absolute atomic E-state index is 0. The molecule has 0 atom stereocenters. The molecule has 6 heterocycles. The molecule has 64 heavy (non-hydrogen) atoms. The zero-order chi connectivity index (χ0) is 45.8. The summed E-state index contributed by atoms with van der Waals surface area (Å²) >= 11 is 0. The van der Waals surface area contributed by atoms with E-state index in [2.05, 4.69) is 72.0 Å². The number of carbonyl (C=O) groups is 4. The monoisotopic (exact) mass is 885 g/mol. The van der Waals surface area contributed by atoms with Crippen LogP contribution >= 0.6 is 0 Å². The molecule has 0 radical (unpaired) electrons. The van der Waals surface area contributed by atoms with E-state index in [4.69, 9.17) is 19.6 Å². The molecule has 6 rings (SSSR count). The summed E-state index contributed by atoms with van der Waals surface area (Å²) in [5.74, 6) is 0.0454. The fraction of sp³-hybridized carbons (Fsp3) is 0.300. The topological polar surface area (TPSA) is 315 Å². The maximum Gasteiger partial charge on any atom is 1.00 e. The average molecular weight is 886 g/mol. The molecule has 328 valence electrons. The van der Waals surface area contributed by atoms with Crippen LogP contribution in [0.15, 0.2) is 101 Å². The van der Waals surface area contributed by atoms with Crippen molar-refractivity contribution >= 4 is 46.8 Å². The number of carbonyl (C=O) groups excluding carboxylic acids is 4. The summed E-state index contributed by atoms with van der Waals surface area (Å²) in [6.45, 7) is 10.7. The summed E-state index contributed by atoms with van der Waals surface area (Å²) in [4.78, 5) is 72.2. The Morgan fingerprint density at radius 3 is 1.30 bits per heavy atom. The average Bonchev–Trinajstić information content (AvgIpc) is 3.26. The van der Waals surface area contributed by atoms with Crippen LogP contribution in [0.3, 0.4) is 0 Å². The molecule has 0 bridgehead atoms. The van der Waals surface area contributed by atoms with E-state index >= 15 is 0 Å². The second-order valence-electron chi connectivity index (χ2n) is 14.8. The number of rotatable bonds is 12. The number of anilines is 2. The minimum atomic E-state index is -0.574. The summed E-state index contributed by atoms with van der Waals surface area (Å²) < 4.78 is 10.4. The van der Waals surface area contributed by atoms with Gasteiger partial charge in [-0.25, -0.2) is 0 Å². The Labute approximate surface area is 389 Å². The number of ether oxygens (including phenoxy) is 2. The van der Waals surface area contributed by atoms with Gasteiger partial charge in [0.15, 0.2) is 11.7 Å². The van der Waals surface area contributed by atoms with E-state index in [-0.39, 0.29) is 72.9 Å². The Morgan fingerprint density at radius 1 is 0.578 bits per heavy atom. The van der Waals surface area contributed by atoms with E-state index in [1.54, 1.807) is 90.3 Å². The third-order valence-corrected chi connectivity index (χ3v) is 7.35. The van der Waals surface area contributed by atoms with E-state index in [0.29, 0.717) is 51.6 Å². The van der Waals surface area contributed by atoms with Crippen molar-refractivity contribution in [1.82, 2.24) is 51.2 Å². The van der Waals surface area contributed by atoms with Gasteiger partial charge in [0.25, 0.3) is 0 Å². The zero-order valence-corrected chi connectivity index (χ0v) is 38.1. The van der Waals surface area contributed by atoms with Crippen molar-refractivity contribution in [3.05, 3.63) is 107 Å². The third-order valence-electron chi connectivity index (χ3n) is 7.35. The van der Waals surface area contributed by atoms with Crippen molar-refractivity contribution in [3.63, 3.8) is 0 Å². The van der Waals surface area contributed by atoms with Crippen molar-refractivity contribution in [3.8, 4) is 23.0 Å². The molecule has 23 nitrogen and oxygen atoms in total. The van der Waals surface area contributed by atoms with E-state index in [9.17, 15) is 19.2 Å². The van der Waals surface area contributed by atoms with Gasteiger partial charge in [0.05, 0.1) is 36.6 Å². The van der Waals surface area contributed by atoms with E-state index in [0.717, 1.165) is 5.34 Å². The minimum Gasteiger partial charge on any atom is -0.460 e. The standard InChI is InChI=1S/C20H23N7O3.C20H21N7O3.HNO2.Na/c2*1-20(2,3)30-17(29)10-9-16(28)23-13-7-8-15(22-12-13)19-26-24-18(25-27-19)14-6-4-5-11-21-14;2-1-3;/h4-8,11-12H,9-10H2,1-3H3,(H,23,28)(H,24,25)(H,26,27);4-8,11-12H,9-10H2,1-3H3,(H,23,28);(H,2,3);/q;;;+1/p-1. The van der Waals surface area contributed by atoms with E-state index in [1.807, 2.05) is 24.3 Å². The molecule has 0 aromatic carbocycles. The van der Waals surface area contributed by atoms with Crippen molar-refractivity contribution in [1.29, 1.82) is 0 Å². The maximum atomic E-state index is 12.0. The zero-order valence-electron chi connectivity index (χ0n) is 36.1. The number of amides is 2. The molecule has 2 amide bonds. The summed E-state index contributed by atoms with van der Waals surface area (Å²) in [5, 5.41) is 38.9. The summed E-state index contributed by atoms with van der Waals surface area (Å²) in [5.41, 5.74) is 7.74. The Bertz CT molecular complexity index is 2360. The Morgan fingerprint density at radius 2 is 0.953 bits per heavy atom. The quantitative estimate of drug-likeness (QED) is 0.0596. The molecule has 1 aliphatic heterocycles. The number of hydrazone groups is 2. The second kappa shape index (κ2) is 25.0. The number of amidine groups is 2. The Kier molecular flexibility index (Phi) is 20.0. The SMILES string of the molecule is CC(C)(C)OC(=O)CCC(=O)Nc1ccc(-c2nnc(-c3ccccn3)nn2)nc1.CC(C)(C)OC(=O)CCC(=O)Nc1ccc(C2=NNC(c3ccccn3)=NN2)nc1.O=N[O-].[Na+]. The molecule has 0 aliphatic carbocycles. The van der Waals surface area contributed by atoms with Crippen LogP contribution in [0.5, 0.6) is 0 Å². The molecule has 0 unspecified atom stereocenters. The Hall–Kier alpha value is -7.24. The molecule has 0 spiro atoms. The number of aromatic nitrogens is 8. The van der Waals surface area contributed by atoms with Gasteiger partial charge >= 0.3 is 41.5 Å². The number of hydrogen-bond donors (Lipinski definition) is 4. The van der Waals surface area contributed by atoms with Gasteiger partial charge in [-0.05, 0) is 90.1 Å². The first-order chi connectivity index (χ1) is 30.0. The molecule has 5 aromatic rings. The molecule has 4 N–H and O–H groups in total. The van der Waals surface area contributed by atoms with Crippen LogP contribution < -0.4 is 51.0 Å². The molecule has 0 saturated heterocycles. The van der Waals surface area contributed by atoms with Gasteiger partial charge in [0, 0.05) is 25.2 Å². The number of hydrogen-bond acceptors (Lipinski definition) is 21. The molecule has 0 fully saturated rings. The number of nitrogens with zero attached hydrogens (tertiary/aromatic N) is 11. The summed E-state index contributed by atoms with van der Waals surface area (Å²) in [6, 6.07) is 17.5. The van der Waals surface area contributed by atoms with E-state index < -0.39 is 23.1 Å². The first-order valence-corrected chi connectivity index (χ1v) is 19.0. The van der Waals surface area contributed by atoms with Crippen LogP contribution in [0.4, 0.5) is 11.4 Å². The van der Waals surface area contributed by atoms with E-state index in [1.165, 1.54) is 12.4 Å². The summed E-state index contributed by atoms with van der Waals surface area (Å²) in [7, 11) is 0. The van der Waals surface area contributed by atoms with Gasteiger partial charge in [-0.1, -0.05) is 12.1 Å². The molecule has 1 aliphatic rings. The first-order valence-electron chi connectivity index (χ1n) is 19.0. The van der Waals surface area contributed by atoms with Crippen LogP contribution in [0.1, 0.15) is 78.6 Å². The Balaban J connectivity index is 0.000000316. The fourth-order valence-electron chi connectivity index (χ4n) is 4.80. The molecule has 5 aromatic heterocycles. The predicted molar refractivity (Wildman–Crippen MR) is 228 cm³/mol. The third kappa shape index (κ3) is 18.4. The number of pyridine rings is 4. The molecular formula is C40H44N15NaO8. The van der Waals surface area contributed by atoms with Crippen molar-refractivity contribution in [2.45, 2.75) is 78.4 Å². The number of esters is 2. The second-order valence-corrected chi connectivity index (χ2v) is 14.8. The van der Waals surface area contributed by atoms with Gasteiger partial charge < -0.3 is 30.2 Å². The van der Waals surface area contributed by atoms with Crippen molar-refractivity contribution < 1.29 is 58.2 Å². The van der Waals surface area contributed by atoms with Crippen LogP contribution in [-0.4, -0.2) is 87.0 Å². The smallest absolute Gasteiger partial charge is 0.460 e. The fourth-order valence-corrected chi connectivity index (χ4v) is 4.80. The van der Waals surface area contributed by atoms with Gasteiger partial charge in [0.2, 0.25) is 23.5 Å². The van der Waals surface area contributed by atoms with Gasteiger partial charge in [0.1, 0.15) is 34.0 Å². The maximum absolute atomic E-state index is 12.0. The van der Waals surface area contributed by atoms with Crippen LogP contribution in [-0.2, 0) is 28.7 Å².